The number of benzene rings is 1. The molecule has 0 saturated carbocycles. The van der Waals surface area contributed by atoms with E-state index in [9.17, 15) is 0 Å². The lowest BCUT2D eigenvalue weighted by Crippen LogP contribution is -2.38. The van der Waals surface area contributed by atoms with Crippen LogP contribution in [0.25, 0.3) is 11.2 Å². The average molecular weight is 521 g/mol. The average Bonchev–Trinajstić information content (AvgIpc) is 3.27. The molecule has 3 aromatic rings. The Morgan fingerprint density at radius 3 is 2.39 bits per heavy atom. The van der Waals surface area contributed by atoms with Crippen LogP contribution in [0.4, 0.5) is 11.6 Å². The Morgan fingerprint density at radius 1 is 0.947 bits per heavy atom. The van der Waals surface area contributed by atoms with Crippen LogP contribution in [0.2, 0.25) is 0 Å². The van der Waals surface area contributed by atoms with E-state index >= 15 is 0 Å². The molecular weight excluding hydrogens is 472 g/mol. The number of fused-ring (bicyclic) bond motifs is 1. The summed E-state index contributed by atoms with van der Waals surface area (Å²) < 4.78 is 7.63. The Kier molecular flexibility index (Phi) is 10.8. The minimum Gasteiger partial charge on any atom is -0.497 e. The third-order valence-corrected chi connectivity index (χ3v) is 7.81. The number of anilines is 2. The number of hydrogen-bond donors (Lipinski definition) is 1. The van der Waals surface area contributed by atoms with Crippen LogP contribution in [0, 0.1) is 0 Å². The van der Waals surface area contributed by atoms with Crippen LogP contribution < -0.4 is 10.1 Å². The first-order valence-electron chi connectivity index (χ1n) is 14.8. The summed E-state index contributed by atoms with van der Waals surface area (Å²) in [6, 6.07) is 13.0. The Morgan fingerprint density at radius 2 is 1.71 bits per heavy atom. The number of pyridine rings is 1. The molecule has 0 amide bonds. The summed E-state index contributed by atoms with van der Waals surface area (Å²) in [5, 5.41) is 3.56. The molecule has 38 heavy (non-hydrogen) atoms. The second-order valence-corrected chi connectivity index (χ2v) is 10.8. The van der Waals surface area contributed by atoms with E-state index in [0.29, 0.717) is 6.04 Å². The van der Waals surface area contributed by atoms with Crippen molar-refractivity contribution in [1.82, 2.24) is 24.3 Å². The zero-order valence-corrected chi connectivity index (χ0v) is 24.1. The van der Waals surface area contributed by atoms with Crippen molar-refractivity contribution in [2.24, 2.45) is 0 Å². The first-order chi connectivity index (χ1) is 18.6. The van der Waals surface area contributed by atoms with Crippen molar-refractivity contribution in [1.29, 1.82) is 0 Å². The summed E-state index contributed by atoms with van der Waals surface area (Å²) in [6.07, 6.45) is 9.98. The van der Waals surface area contributed by atoms with Gasteiger partial charge >= 0.3 is 0 Å². The maximum absolute atomic E-state index is 5.34. The fourth-order valence-corrected chi connectivity index (χ4v) is 5.42. The van der Waals surface area contributed by atoms with Crippen LogP contribution in [0.5, 0.6) is 5.75 Å². The van der Waals surface area contributed by atoms with Gasteiger partial charge in [-0.1, -0.05) is 33.1 Å². The van der Waals surface area contributed by atoms with E-state index in [-0.39, 0.29) is 0 Å². The maximum atomic E-state index is 5.34. The van der Waals surface area contributed by atoms with Crippen LogP contribution in [0.15, 0.2) is 36.4 Å². The predicted molar refractivity (Wildman–Crippen MR) is 158 cm³/mol. The maximum Gasteiger partial charge on any atom is 0.209 e. The van der Waals surface area contributed by atoms with Crippen LogP contribution in [0.1, 0.15) is 77.8 Å². The van der Waals surface area contributed by atoms with Gasteiger partial charge in [0.05, 0.1) is 12.8 Å². The van der Waals surface area contributed by atoms with Crippen molar-refractivity contribution in [3.05, 3.63) is 42.1 Å². The lowest BCUT2D eigenvalue weighted by molar-refractivity contribution is 0.157. The predicted octanol–water partition coefficient (Wildman–Crippen LogP) is 6.85. The number of methoxy groups -OCH3 is 1. The van der Waals surface area contributed by atoms with E-state index in [1.165, 1.54) is 51.5 Å². The van der Waals surface area contributed by atoms with Crippen LogP contribution >= 0.6 is 0 Å². The number of aromatic nitrogens is 3. The SMILES string of the molecule is CCCCN(CCCC)Cc1ccc2nc(Nc3ccc(OC)cc3)n(CCCN3CCCCC3C)c2n1. The van der Waals surface area contributed by atoms with Crippen molar-refractivity contribution in [3.63, 3.8) is 0 Å². The summed E-state index contributed by atoms with van der Waals surface area (Å²) in [6.45, 7) is 13.3. The number of unbranched alkanes of at least 4 members (excludes halogenated alkanes) is 2. The zero-order chi connectivity index (χ0) is 26.7. The van der Waals surface area contributed by atoms with E-state index in [1.54, 1.807) is 7.11 Å². The van der Waals surface area contributed by atoms with E-state index in [1.807, 2.05) is 24.3 Å². The highest BCUT2D eigenvalue weighted by atomic mass is 16.5. The number of likely N-dealkylation sites (tertiary alicyclic amines) is 1. The molecule has 1 saturated heterocycles. The van der Waals surface area contributed by atoms with Crippen molar-refractivity contribution < 1.29 is 4.74 Å². The van der Waals surface area contributed by atoms with Gasteiger partial charge in [-0.15, -0.1) is 0 Å². The summed E-state index contributed by atoms with van der Waals surface area (Å²) in [4.78, 5) is 15.4. The molecule has 1 unspecified atom stereocenters. The Labute approximate surface area is 229 Å². The first kappa shape index (κ1) is 28.4. The topological polar surface area (TPSA) is 58.5 Å². The van der Waals surface area contributed by atoms with E-state index in [2.05, 4.69) is 52.6 Å². The van der Waals surface area contributed by atoms with Crippen molar-refractivity contribution in [2.45, 2.75) is 91.3 Å². The summed E-state index contributed by atoms with van der Waals surface area (Å²) in [7, 11) is 1.69. The van der Waals surface area contributed by atoms with Crippen LogP contribution in [-0.4, -0.2) is 63.7 Å². The van der Waals surface area contributed by atoms with Crippen molar-refractivity contribution in [2.75, 3.05) is 38.6 Å². The zero-order valence-electron chi connectivity index (χ0n) is 24.1. The number of aryl methyl sites for hydroxylation is 1. The quantitative estimate of drug-likeness (QED) is 0.236. The largest absolute Gasteiger partial charge is 0.497 e. The highest BCUT2D eigenvalue weighted by Gasteiger charge is 2.19. The molecule has 1 fully saturated rings. The molecular formula is C31H48N6O. The van der Waals surface area contributed by atoms with Gasteiger partial charge in [0.25, 0.3) is 0 Å². The Bertz CT molecular complexity index is 1100. The molecule has 4 rings (SSSR count). The van der Waals surface area contributed by atoms with Gasteiger partial charge in [0.2, 0.25) is 5.95 Å². The van der Waals surface area contributed by atoms with Gasteiger partial charge in [-0.25, -0.2) is 9.97 Å². The third-order valence-electron chi connectivity index (χ3n) is 7.81. The highest BCUT2D eigenvalue weighted by Crippen LogP contribution is 2.25. The molecule has 1 aliphatic rings. The standard InChI is InChI=1S/C31H48N6O/c1-5-7-19-35(20-8-6-2)24-27-15-18-29-30(32-27)37(23-11-22-36-21-10-9-12-25(36)3)31(34-29)33-26-13-16-28(38-4)17-14-26/h13-18,25H,5-12,19-24H2,1-4H3,(H,33,34). The number of nitrogens with one attached hydrogen (secondary N) is 1. The molecule has 1 N–H and O–H groups in total. The number of nitrogens with zero attached hydrogens (tertiary/aromatic N) is 5. The fourth-order valence-electron chi connectivity index (χ4n) is 5.42. The molecule has 7 nitrogen and oxygen atoms in total. The van der Waals surface area contributed by atoms with E-state index in [4.69, 9.17) is 14.7 Å². The van der Waals surface area contributed by atoms with Crippen molar-refractivity contribution in [3.8, 4) is 5.75 Å². The van der Waals surface area contributed by atoms with Gasteiger partial charge < -0.3 is 15.0 Å². The molecule has 0 radical (unpaired) electrons. The Balaban J connectivity index is 1.57. The molecule has 2 aromatic heterocycles. The number of ether oxygens (including phenoxy) is 1. The van der Waals surface area contributed by atoms with Gasteiger partial charge in [0, 0.05) is 31.4 Å². The minimum absolute atomic E-state index is 0.683. The summed E-state index contributed by atoms with van der Waals surface area (Å²) in [5.74, 6) is 1.71. The number of imidazole rings is 1. The van der Waals surface area contributed by atoms with Crippen LogP contribution in [-0.2, 0) is 13.1 Å². The number of hydrogen-bond acceptors (Lipinski definition) is 6. The molecule has 7 heteroatoms. The fraction of sp³-hybridized carbons (Fsp3) is 0.613. The first-order valence-corrected chi connectivity index (χ1v) is 14.8. The van der Waals surface area contributed by atoms with E-state index in [0.717, 1.165) is 73.4 Å². The van der Waals surface area contributed by atoms with Gasteiger partial charge in [0.15, 0.2) is 5.65 Å². The molecule has 0 spiro atoms. The second kappa shape index (κ2) is 14.5. The molecule has 0 aliphatic carbocycles. The smallest absolute Gasteiger partial charge is 0.209 e. The molecule has 1 aliphatic heterocycles. The monoisotopic (exact) mass is 520 g/mol. The Hall–Kier alpha value is -2.64. The van der Waals surface area contributed by atoms with Gasteiger partial charge in [0.1, 0.15) is 11.3 Å². The lowest BCUT2D eigenvalue weighted by Gasteiger charge is -2.33. The summed E-state index contributed by atoms with van der Waals surface area (Å²) >= 11 is 0. The number of piperidine rings is 1. The number of rotatable bonds is 15. The molecule has 208 valence electrons. The molecule has 3 heterocycles. The normalized spacial score (nSPS) is 16.4. The van der Waals surface area contributed by atoms with Crippen LogP contribution in [0.3, 0.4) is 0 Å². The van der Waals surface area contributed by atoms with Gasteiger partial charge in [-0.3, -0.25) is 9.47 Å². The highest BCUT2D eigenvalue weighted by molar-refractivity contribution is 5.76. The van der Waals surface area contributed by atoms with E-state index < -0.39 is 0 Å². The molecule has 0 bridgehead atoms. The summed E-state index contributed by atoms with van der Waals surface area (Å²) in [5.41, 5.74) is 4.06. The second-order valence-electron chi connectivity index (χ2n) is 10.8. The minimum atomic E-state index is 0.683. The third kappa shape index (κ3) is 7.70. The van der Waals surface area contributed by atoms with Gasteiger partial charge in [-0.2, -0.15) is 0 Å². The molecule has 1 atom stereocenters. The van der Waals surface area contributed by atoms with Crippen molar-refractivity contribution >= 4 is 22.8 Å². The van der Waals surface area contributed by atoms with Gasteiger partial charge in [-0.05, 0) is 95.1 Å². The molecule has 1 aromatic carbocycles. The lowest BCUT2D eigenvalue weighted by atomic mass is 10.0.